The molecule has 2 aromatic rings. The quantitative estimate of drug-likeness (QED) is 0.704. The summed E-state index contributed by atoms with van der Waals surface area (Å²) in [7, 11) is -3.77. The molecule has 0 saturated heterocycles. The average Bonchev–Trinajstić information content (AvgIpc) is 2.63. The van der Waals surface area contributed by atoms with Gasteiger partial charge in [0.05, 0.1) is 10.6 Å². The maximum absolute atomic E-state index is 13.0. The number of aliphatic hydroxyl groups is 1. The molecule has 6 nitrogen and oxygen atoms in total. The minimum absolute atomic E-state index is 0.0166. The molecular formula is C18H22N2O4S. The van der Waals surface area contributed by atoms with Crippen LogP contribution in [0.4, 0.5) is 5.69 Å². The van der Waals surface area contributed by atoms with Gasteiger partial charge in [0.15, 0.2) is 0 Å². The van der Waals surface area contributed by atoms with Gasteiger partial charge in [-0.3, -0.25) is 9.10 Å². The summed E-state index contributed by atoms with van der Waals surface area (Å²) in [5.74, 6) is -0.367. The molecule has 0 aromatic heterocycles. The summed E-state index contributed by atoms with van der Waals surface area (Å²) < 4.78 is 27.2. The number of para-hydroxylation sites is 1. The van der Waals surface area contributed by atoms with Gasteiger partial charge in [0.2, 0.25) is 0 Å². The number of carbonyl (C=O) groups excluding carboxylic acids is 1. The van der Waals surface area contributed by atoms with Crippen LogP contribution in [-0.2, 0) is 10.0 Å². The zero-order valence-corrected chi connectivity index (χ0v) is 14.9. The maximum atomic E-state index is 13.0. The van der Waals surface area contributed by atoms with E-state index >= 15 is 0 Å². The molecule has 0 bridgehead atoms. The summed E-state index contributed by atoms with van der Waals surface area (Å²) in [6.45, 7) is 2.35. The van der Waals surface area contributed by atoms with Gasteiger partial charge in [-0.1, -0.05) is 24.3 Å². The zero-order chi connectivity index (χ0) is 18.3. The van der Waals surface area contributed by atoms with Crippen molar-refractivity contribution in [1.82, 2.24) is 5.32 Å². The van der Waals surface area contributed by atoms with Crippen LogP contribution in [0.2, 0.25) is 0 Å². The second-order valence-electron chi connectivity index (χ2n) is 5.37. The fraction of sp³-hybridized carbons (Fsp3) is 0.278. The molecule has 7 heteroatoms. The van der Waals surface area contributed by atoms with Gasteiger partial charge in [-0.25, -0.2) is 8.42 Å². The van der Waals surface area contributed by atoms with Crippen LogP contribution in [0, 0.1) is 0 Å². The molecule has 0 aliphatic carbocycles. The maximum Gasteiger partial charge on any atom is 0.264 e. The molecule has 0 unspecified atom stereocenters. The third-order valence-corrected chi connectivity index (χ3v) is 5.54. The molecule has 2 aromatic carbocycles. The van der Waals surface area contributed by atoms with Crippen molar-refractivity contribution in [3.63, 3.8) is 0 Å². The number of hydrogen-bond acceptors (Lipinski definition) is 4. The summed E-state index contributed by atoms with van der Waals surface area (Å²) >= 11 is 0. The summed E-state index contributed by atoms with van der Waals surface area (Å²) in [5.41, 5.74) is 0.839. The van der Waals surface area contributed by atoms with E-state index in [4.69, 9.17) is 5.11 Å². The largest absolute Gasteiger partial charge is 0.396 e. The van der Waals surface area contributed by atoms with Crippen molar-refractivity contribution in [1.29, 1.82) is 0 Å². The van der Waals surface area contributed by atoms with E-state index in [9.17, 15) is 13.2 Å². The molecule has 0 radical (unpaired) electrons. The Morgan fingerprint density at radius 2 is 1.84 bits per heavy atom. The smallest absolute Gasteiger partial charge is 0.264 e. The zero-order valence-electron chi connectivity index (χ0n) is 14.1. The Hall–Kier alpha value is -2.38. The third-order valence-electron chi connectivity index (χ3n) is 3.64. The Bertz CT molecular complexity index is 807. The number of aliphatic hydroxyl groups excluding tert-OH is 1. The van der Waals surface area contributed by atoms with Gasteiger partial charge in [-0.05, 0) is 43.7 Å². The summed E-state index contributed by atoms with van der Waals surface area (Å²) in [4.78, 5) is 12.2. The number of hydrogen-bond donors (Lipinski definition) is 2. The number of sulfonamides is 1. The molecule has 0 fully saturated rings. The molecule has 0 spiro atoms. The number of benzene rings is 2. The van der Waals surface area contributed by atoms with Crippen LogP contribution in [0.25, 0.3) is 0 Å². The second-order valence-corrected chi connectivity index (χ2v) is 7.23. The Morgan fingerprint density at radius 3 is 2.48 bits per heavy atom. The predicted octanol–water partition coefficient (Wildman–Crippen LogP) is 2.01. The highest BCUT2D eigenvalue weighted by molar-refractivity contribution is 7.92. The molecular weight excluding hydrogens is 340 g/mol. The normalized spacial score (nSPS) is 11.1. The lowest BCUT2D eigenvalue weighted by Crippen LogP contribution is -2.31. The van der Waals surface area contributed by atoms with Crippen LogP contribution in [0.5, 0.6) is 0 Å². The van der Waals surface area contributed by atoms with Crippen LogP contribution in [0.3, 0.4) is 0 Å². The Balaban J connectivity index is 2.30. The highest BCUT2D eigenvalue weighted by Crippen LogP contribution is 2.23. The second kappa shape index (κ2) is 8.64. The van der Waals surface area contributed by atoms with Gasteiger partial charge < -0.3 is 10.4 Å². The number of amides is 1. The van der Waals surface area contributed by atoms with Crippen LogP contribution in [-0.4, -0.2) is 39.1 Å². The topological polar surface area (TPSA) is 86.7 Å². The third kappa shape index (κ3) is 4.58. The molecule has 134 valence electrons. The van der Waals surface area contributed by atoms with Crippen molar-refractivity contribution >= 4 is 21.6 Å². The number of carbonyl (C=O) groups is 1. The van der Waals surface area contributed by atoms with E-state index in [1.165, 1.54) is 16.4 Å². The SMILES string of the molecule is CCN(c1ccccc1)S(=O)(=O)c1cccc(C(=O)NCCCO)c1. The average molecular weight is 362 g/mol. The molecule has 0 aliphatic rings. The van der Waals surface area contributed by atoms with E-state index in [0.717, 1.165) is 0 Å². The first-order valence-electron chi connectivity index (χ1n) is 8.07. The van der Waals surface area contributed by atoms with Gasteiger partial charge >= 0.3 is 0 Å². The molecule has 0 atom stereocenters. The number of nitrogens with one attached hydrogen (secondary N) is 1. The van der Waals surface area contributed by atoms with Crippen molar-refractivity contribution in [2.24, 2.45) is 0 Å². The molecule has 1 amide bonds. The number of nitrogens with zero attached hydrogens (tertiary/aromatic N) is 1. The Kier molecular flexibility index (Phi) is 6.55. The first-order valence-corrected chi connectivity index (χ1v) is 9.51. The molecule has 0 heterocycles. The van der Waals surface area contributed by atoms with Crippen molar-refractivity contribution in [3.05, 3.63) is 60.2 Å². The fourth-order valence-corrected chi connectivity index (χ4v) is 3.91. The standard InChI is InChI=1S/C18H22N2O4S/c1-2-20(16-9-4-3-5-10-16)25(23,24)17-11-6-8-15(14-17)18(22)19-12-7-13-21/h3-6,8-11,14,21H,2,7,12-13H2,1H3,(H,19,22). The Morgan fingerprint density at radius 1 is 1.12 bits per heavy atom. The van der Waals surface area contributed by atoms with E-state index in [2.05, 4.69) is 5.32 Å². The molecule has 0 saturated carbocycles. The highest BCUT2D eigenvalue weighted by Gasteiger charge is 2.24. The summed E-state index contributed by atoms with van der Waals surface area (Å²) in [6, 6.07) is 14.8. The molecule has 25 heavy (non-hydrogen) atoms. The van der Waals surface area contributed by atoms with Crippen LogP contribution in [0.1, 0.15) is 23.7 Å². The molecule has 0 aliphatic heterocycles. The molecule has 2 N–H and O–H groups in total. The van der Waals surface area contributed by atoms with Gasteiger partial charge in [0, 0.05) is 25.3 Å². The van der Waals surface area contributed by atoms with Gasteiger partial charge in [-0.2, -0.15) is 0 Å². The lowest BCUT2D eigenvalue weighted by atomic mass is 10.2. The predicted molar refractivity (Wildman–Crippen MR) is 97.1 cm³/mol. The van der Waals surface area contributed by atoms with Crippen molar-refractivity contribution in [2.75, 3.05) is 24.0 Å². The van der Waals surface area contributed by atoms with Crippen LogP contribution < -0.4 is 9.62 Å². The first kappa shape index (κ1) is 19.0. The fourth-order valence-electron chi connectivity index (χ4n) is 2.39. The first-order chi connectivity index (χ1) is 12.0. The van der Waals surface area contributed by atoms with Crippen molar-refractivity contribution < 1.29 is 18.3 Å². The van der Waals surface area contributed by atoms with Gasteiger partial charge in [0.1, 0.15) is 0 Å². The van der Waals surface area contributed by atoms with Crippen LogP contribution >= 0.6 is 0 Å². The molecule has 2 rings (SSSR count). The monoisotopic (exact) mass is 362 g/mol. The van der Waals surface area contributed by atoms with Crippen LogP contribution in [0.15, 0.2) is 59.5 Å². The van der Waals surface area contributed by atoms with E-state index < -0.39 is 10.0 Å². The van der Waals surface area contributed by atoms with Crippen molar-refractivity contribution in [3.8, 4) is 0 Å². The number of rotatable bonds is 8. The van der Waals surface area contributed by atoms with Gasteiger partial charge in [-0.15, -0.1) is 0 Å². The number of anilines is 1. The Labute approximate surface area is 148 Å². The van der Waals surface area contributed by atoms with E-state index in [0.29, 0.717) is 18.7 Å². The summed E-state index contributed by atoms with van der Waals surface area (Å²) in [6.07, 6.45) is 0.446. The highest BCUT2D eigenvalue weighted by atomic mass is 32.2. The lowest BCUT2D eigenvalue weighted by Gasteiger charge is -2.23. The minimum Gasteiger partial charge on any atom is -0.396 e. The van der Waals surface area contributed by atoms with Crippen molar-refractivity contribution in [2.45, 2.75) is 18.2 Å². The lowest BCUT2D eigenvalue weighted by molar-refractivity contribution is 0.0951. The van der Waals surface area contributed by atoms with E-state index in [1.54, 1.807) is 43.3 Å². The van der Waals surface area contributed by atoms with Gasteiger partial charge in [0.25, 0.3) is 15.9 Å². The summed E-state index contributed by atoms with van der Waals surface area (Å²) in [5, 5.41) is 11.4. The van der Waals surface area contributed by atoms with E-state index in [-0.39, 0.29) is 29.5 Å². The minimum atomic E-state index is -3.77. The van der Waals surface area contributed by atoms with E-state index in [1.807, 2.05) is 6.07 Å².